The van der Waals surface area contributed by atoms with Crippen LogP contribution in [0.2, 0.25) is 0 Å². The van der Waals surface area contributed by atoms with E-state index in [1.165, 1.54) is 30.3 Å². The number of benzene rings is 6. The molecule has 25 heteroatoms. The Morgan fingerprint density at radius 2 is 0.694 bits per heavy atom. The molecule has 1 aliphatic heterocycles. The van der Waals surface area contributed by atoms with Crippen molar-refractivity contribution < 1.29 is 112 Å². The van der Waals surface area contributed by atoms with Gasteiger partial charge >= 0.3 is 20.1 Å². The summed E-state index contributed by atoms with van der Waals surface area (Å²) in [6.45, 7) is -0.326. The molecule has 430 valence electrons. The van der Waals surface area contributed by atoms with Crippen LogP contribution in [0.3, 0.4) is 0 Å². The number of carboxylic acids is 4. The second-order valence-corrected chi connectivity index (χ2v) is 17.4. The first-order valence-corrected chi connectivity index (χ1v) is 23.7. The molecule has 85 heavy (non-hydrogen) atoms. The summed E-state index contributed by atoms with van der Waals surface area (Å²) >= 11 is 0. The Morgan fingerprint density at radius 1 is 0.365 bits per heavy atom. The fraction of sp³-hybridized carbons (Fsp3) is 0.0167. The standard InChI is InChI=1S/C24H14F4N2O4.2C18H9F4NO2.Ir/c25-12-3-5-14(17(27)10-12)15-7-9-30(19-2-1-8-29-21(19)23(31)32)22(24(33)34)20(15)16-6-4-13(26)11-18(16)28;2*19-9-1-3-11(14(21)7-9)12-5-6-23-17(18(24)25)16(12)13-4-2-10(20)8-15(13)22;/h1-8,10-11H,9H2,(H,31,32)(H,33,34);2*1-8H,(H,24,25);/q;;;+3/p-4. The van der Waals surface area contributed by atoms with Crippen LogP contribution in [0.25, 0.3) is 55.7 Å². The number of aliphatic carboxylic acids is 1. The van der Waals surface area contributed by atoms with Crippen LogP contribution in [0.15, 0.2) is 164 Å². The van der Waals surface area contributed by atoms with Crippen LogP contribution in [0.1, 0.15) is 42.6 Å². The predicted octanol–water partition coefficient (Wildman–Crippen LogP) is 8.73. The molecular weight excluding hydrogens is 1320 g/mol. The van der Waals surface area contributed by atoms with Gasteiger partial charge in [-0.25, -0.2) is 52.7 Å². The van der Waals surface area contributed by atoms with Crippen molar-refractivity contribution in [3.05, 3.63) is 262 Å². The molecule has 10 rings (SSSR count). The number of carboxylic acid groups (broad SMARTS) is 4. The minimum atomic E-state index is -1.86. The van der Waals surface area contributed by atoms with Gasteiger partial charge in [-0.2, -0.15) is 0 Å². The number of hydrogen-bond donors (Lipinski definition) is 0. The van der Waals surface area contributed by atoms with Gasteiger partial charge in [0.05, 0.1) is 46.6 Å². The number of carbonyl (C=O) groups is 4. The van der Waals surface area contributed by atoms with E-state index in [1.54, 1.807) is 0 Å². The van der Waals surface area contributed by atoms with Crippen molar-refractivity contribution in [3.8, 4) is 44.5 Å². The fourth-order valence-electron chi connectivity index (χ4n) is 8.79. The SMILES string of the molecule is O=C([O-])C1=C(c2ccc(F)cc2F)C(c2ccc(F)cc2F)=CCN1c1cccnc1C(=O)[O-].O=C([O-])c1nccc(-c2ccc(F)cc2F)c1-c1ccc(F)cc1F.O=C([O-])c1nccc(-c2ccc(F)cc2F)c1-c1ccc(F)cc1F.[Ir+3]. The molecule has 3 aromatic heterocycles. The molecule has 0 unspecified atom stereocenters. The maximum Gasteiger partial charge on any atom is 3.00 e. The average molecular weight is 1350 g/mol. The number of aromatic carboxylic acids is 3. The van der Waals surface area contributed by atoms with Crippen molar-refractivity contribution in [3.63, 3.8) is 0 Å². The molecule has 0 N–H and O–H groups in total. The molecule has 0 atom stereocenters. The summed E-state index contributed by atoms with van der Waals surface area (Å²) in [5.41, 5.74) is -5.69. The molecule has 0 aliphatic carbocycles. The third-order valence-corrected chi connectivity index (χ3v) is 12.3. The summed E-state index contributed by atoms with van der Waals surface area (Å²) in [6.07, 6.45) is 4.60. The van der Waals surface area contributed by atoms with Crippen LogP contribution < -0.4 is 25.3 Å². The molecule has 0 spiro atoms. The molecule has 0 radical (unpaired) electrons. The maximum atomic E-state index is 14.9. The molecule has 0 amide bonds. The van der Waals surface area contributed by atoms with Crippen LogP contribution in [0.5, 0.6) is 0 Å². The first-order valence-electron chi connectivity index (χ1n) is 23.7. The van der Waals surface area contributed by atoms with Gasteiger partial charge in [0.25, 0.3) is 0 Å². The van der Waals surface area contributed by atoms with E-state index in [9.17, 15) is 92.3 Å². The van der Waals surface area contributed by atoms with Crippen LogP contribution in [0, 0.1) is 69.8 Å². The molecule has 12 nitrogen and oxygen atoms in total. The second kappa shape index (κ2) is 26.3. The van der Waals surface area contributed by atoms with E-state index >= 15 is 0 Å². The minimum absolute atomic E-state index is 0. The van der Waals surface area contributed by atoms with Gasteiger partial charge < -0.3 is 44.5 Å². The van der Waals surface area contributed by atoms with Crippen molar-refractivity contribution >= 4 is 40.7 Å². The predicted molar refractivity (Wildman–Crippen MR) is 267 cm³/mol. The van der Waals surface area contributed by atoms with Crippen molar-refractivity contribution in [1.82, 2.24) is 15.0 Å². The van der Waals surface area contributed by atoms with Gasteiger partial charge in [0, 0.05) is 112 Å². The van der Waals surface area contributed by atoms with Gasteiger partial charge in [-0.15, -0.1) is 0 Å². The van der Waals surface area contributed by atoms with Gasteiger partial charge in [0.1, 0.15) is 75.5 Å². The average Bonchev–Trinajstić information content (AvgIpc) is 1.49. The summed E-state index contributed by atoms with van der Waals surface area (Å²) in [5, 5.41) is 46.6. The third kappa shape index (κ3) is 13.5. The number of allylic oxidation sites excluding steroid dienone is 2. The molecule has 0 saturated heterocycles. The normalized spacial score (nSPS) is 11.8. The third-order valence-electron chi connectivity index (χ3n) is 12.3. The van der Waals surface area contributed by atoms with Crippen LogP contribution in [-0.4, -0.2) is 45.4 Å². The zero-order valence-corrected chi connectivity index (χ0v) is 44.5. The smallest absolute Gasteiger partial charge is 0.543 e. The topological polar surface area (TPSA) is 202 Å². The largest absolute Gasteiger partial charge is 3.00 e. The van der Waals surface area contributed by atoms with Crippen LogP contribution in [0.4, 0.5) is 58.4 Å². The fourth-order valence-corrected chi connectivity index (χ4v) is 8.79. The number of nitrogens with zero attached hydrogens (tertiary/aromatic N) is 4. The summed E-state index contributed by atoms with van der Waals surface area (Å²) in [5.74, 6) is -18.5. The molecular formula is C60H28F12IrN4O8-. The van der Waals surface area contributed by atoms with Crippen molar-refractivity contribution in [2.75, 3.05) is 11.4 Å². The zero-order chi connectivity index (χ0) is 60.8. The van der Waals surface area contributed by atoms with Gasteiger partial charge in [0.15, 0.2) is 0 Å². The van der Waals surface area contributed by atoms with E-state index in [-0.39, 0.29) is 88.0 Å². The van der Waals surface area contributed by atoms with E-state index in [2.05, 4.69) is 15.0 Å². The molecule has 4 heterocycles. The Bertz CT molecular complexity index is 4070. The van der Waals surface area contributed by atoms with E-state index < -0.39 is 128 Å². The van der Waals surface area contributed by atoms with Crippen molar-refractivity contribution in [2.45, 2.75) is 0 Å². The Morgan fingerprint density at radius 3 is 1.04 bits per heavy atom. The molecule has 0 fully saturated rings. The Kier molecular flexibility index (Phi) is 19.3. The van der Waals surface area contributed by atoms with Crippen LogP contribution in [-0.2, 0) is 24.9 Å². The number of anilines is 1. The number of halogens is 12. The van der Waals surface area contributed by atoms with E-state index in [0.717, 1.165) is 96.3 Å². The Labute approximate surface area is 484 Å². The second-order valence-electron chi connectivity index (χ2n) is 17.4. The number of carbonyl (C=O) groups excluding carboxylic acids is 4. The molecule has 0 bridgehead atoms. The van der Waals surface area contributed by atoms with E-state index in [0.29, 0.717) is 36.4 Å². The zero-order valence-electron chi connectivity index (χ0n) is 42.1. The first-order chi connectivity index (χ1) is 39.9. The minimum Gasteiger partial charge on any atom is -0.543 e. The van der Waals surface area contributed by atoms with Gasteiger partial charge in [-0.1, -0.05) is 6.08 Å². The van der Waals surface area contributed by atoms with Crippen molar-refractivity contribution in [2.24, 2.45) is 0 Å². The Hall–Kier alpha value is -10.3. The summed E-state index contributed by atoms with van der Waals surface area (Å²) in [6, 6.07) is 20.3. The molecule has 6 aromatic carbocycles. The van der Waals surface area contributed by atoms with Gasteiger partial charge in [-0.3, -0.25) is 15.0 Å². The number of pyridine rings is 3. The number of hydrogen-bond acceptors (Lipinski definition) is 12. The van der Waals surface area contributed by atoms with E-state index in [4.69, 9.17) is 0 Å². The Balaban J connectivity index is 0.000000185. The quantitative estimate of drug-likeness (QED) is 0.112. The summed E-state index contributed by atoms with van der Waals surface area (Å²) in [7, 11) is 0. The number of rotatable bonds is 11. The van der Waals surface area contributed by atoms with E-state index in [1.807, 2.05) is 0 Å². The van der Waals surface area contributed by atoms with Crippen LogP contribution >= 0.6 is 0 Å². The molecule has 1 aliphatic rings. The van der Waals surface area contributed by atoms with Crippen molar-refractivity contribution in [1.29, 1.82) is 0 Å². The molecule has 9 aromatic rings. The van der Waals surface area contributed by atoms with Gasteiger partial charge in [-0.05, 0) is 114 Å². The van der Waals surface area contributed by atoms with Gasteiger partial charge in [0.2, 0.25) is 0 Å². The number of aromatic nitrogens is 3. The maximum absolute atomic E-state index is 14.9. The summed E-state index contributed by atoms with van der Waals surface area (Å²) < 4.78 is 166. The molecule has 0 saturated carbocycles. The monoisotopic (exact) mass is 1350 g/mol. The summed E-state index contributed by atoms with van der Waals surface area (Å²) in [4.78, 5) is 58.6. The first kappa shape index (κ1) is 62.3.